The first-order chi connectivity index (χ1) is 15.1. The number of nitrogens with zero attached hydrogens (tertiary/aromatic N) is 5. The zero-order chi connectivity index (χ0) is 21.8. The van der Waals surface area contributed by atoms with Crippen LogP contribution in [0.25, 0.3) is 28.6 Å². The van der Waals surface area contributed by atoms with Crippen molar-refractivity contribution >= 4 is 17.3 Å². The van der Waals surface area contributed by atoms with Gasteiger partial charge in [0.1, 0.15) is 0 Å². The first-order valence-corrected chi connectivity index (χ1v) is 10.6. The zero-order valence-electron chi connectivity index (χ0n) is 17.8. The molecule has 3 aromatic rings. The van der Waals surface area contributed by atoms with Gasteiger partial charge in [-0.05, 0) is 37.0 Å². The molecule has 0 atom stereocenters. The van der Waals surface area contributed by atoms with Gasteiger partial charge in [-0.25, -0.2) is 9.97 Å². The minimum absolute atomic E-state index is 0. The lowest BCUT2D eigenvalue weighted by atomic mass is 9.99. The molecule has 3 heterocycles. The summed E-state index contributed by atoms with van der Waals surface area (Å²) in [5, 5.41) is 8.22. The second-order valence-corrected chi connectivity index (χ2v) is 7.54. The third-order valence-corrected chi connectivity index (χ3v) is 5.63. The van der Waals surface area contributed by atoms with Crippen molar-refractivity contribution in [1.29, 1.82) is 0 Å². The highest BCUT2D eigenvalue weighted by atomic mass is 16.4. The van der Waals surface area contributed by atoms with E-state index < -0.39 is 0 Å². The van der Waals surface area contributed by atoms with Crippen molar-refractivity contribution in [3.63, 3.8) is 0 Å². The Labute approximate surface area is 182 Å². The Balaban J connectivity index is 0.00000289. The normalized spacial score (nSPS) is 14.0. The highest BCUT2D eigenvalue weighted by Crippen LogP contribution is 2.28. The molecule has 0 bridgehead atoms. The minimum atomic E-state index is 0. The lowest BCUT2D eigenvalue weighted by Gasteiger charge is -2.29. The van der Waals surface area contributed by atoms with Gasteiger partial charge in [0.25, 0.3) is 5.89 Å². The molecule has 1 aromatic carbocycles. The molecule has 0 aliphatic carbocycles. The van der Waals surface area contributed by atoms with Gasteiger partial charge >= 0.3 is 0 Å². The molecule has 0 fully saturated rings. The summed E-state index contributed by atoms with van der Waals surface area (Å²) in [6.07, 6.45) is 6.13. The number of nitrogen functional groups attached to an aromatic ring is 1. The van der Waals surface area contributed by atoms with Crippen LogP contribution in [0.3, 0.4) is 0 Å². The van der Waals surface area contributed by atoms with Crippen molar-refractivity contribution in [3.05, 3.63) is 48.3 Å². The highest BCUT2D eigenvalue weighted by Gasteiger charge is 2.24. The van der Waals surface area contributed by atoms with E-state index in [-0.39, 0.29) is 25.0 Å². The van der Waals surface area contributed by atoms with Crippen LogP contribution in [0.15, 0.2) is 47.0 Å². The molecule has 0 saturated carbocycles. The van der Waals surface area contributed by atoms with Gasteiger partial charge in [0.05, 0.1) is 11.9 Å². The van der Waals surface area contributed by atoms with Gasteiger partial charge in [0.15, 0.2) is 11.5 Å². The number of carbonyl (C=O) groups is 1. The summed E-state index contributed by atoms with van der Waals surface area (Å²) in [6.45, 7) is 5.36. The molecule has 0 spiro atoms. The van der Waals surface area contributed by atoms with Crippen molar-refractivity contribution in [1.82, 2.24) is 25.1 Å². The van der Waals surface area contributed by atoms with Crippen LogP contribution in [-0.2, 0) is 4.79 Å². The summed E-state index contributed by atoms with van der Waals surface area (Å²) in [5.41, 5.74) is 8.98. The predicted molar refractivity (Wildman–Crippen MR) is 121 cm³/mol. The molecule has 0 radical (unpaired) electrons. The largest absolute Gasteiger partial charge is 0.414 e. The molecular formula is C23H28N6O2. The van der Waals surface area contributed by atoms with Crippen LogP contribution in [0.2, 0.25) is 0 Å². The third kappa shape index (κ3) is 4.33. The second-order valence-electron chi connectivity index (χ2n) is 7.54. The van der Waals surface area contributed by atoms with Crippen LogP contribution >= 0.6 is 0 Å². The van der Waals surface area contributed by atoms with Crippen molar-refractivity contribution in [2.75, 3.05) is 18.8 Å². The van der Waals surface area contributed by atoms with Crippen LogP contribution in [0.1, 0.15) is 40.2 Å². The van der Waals surface area contributed by atoms with E-state index >= 15 is 0 Å². The quantitative estimate of drug-likeness (QED) is 0.640. The molecule has 1 amide bonds. The summed E-state index contributed by atoms with van der Waals surface area (Å²) >= 11 is 0. The van der Waals surface area contributed by atoms with Crippen LogP contribution in [0.4, 0.5) is 5.82 Å². The summed E-state index contributed by atoms with van der Waals surface area (Å²) in [7, 11) is 0. The Hall–Kier alpha value is -3.55. The van der Waals surface area contributed by atoms with Crippen molar-refractivity contribution in [2.45, 2.75) is 33.1 Å². The maximum Gasteiger partial charge on any atom is 0.270 e. The standard InChI is InChI=1S/C23H26N6O2.H2/c1-3-15(4-2)23(30)29-12-10-16(11-13-29)18-14-25-20(24)19(26-18)22-28-27-21(31-22)17-8-6-5-7-9-17;/h5-10,14-15H,3-4,11-13H2,1-2H3,(H2,24,25);1H. The van der Waals surface area contributed by atoms with E-state index in [9.17, 15) is 4.79 Å². The molecule has 1 aliphatic heterocycles. The van der Waals surface area contributed by atoms with Crippen LogP contribution < -0.4 is 5.73 Å². The average molecular weight is 421 g/mol. The minimum Gasteiger partial charge on any atom is -0.414 e. The molecule has 8 heteroatoms. The van der Waals surface area contributed by atoms with E-state index in [4.69, 9.17) is 10.2 Å². The number of aromatic nitrogens is 4. The lowest BCUT2D eigenvalue weighted by Crippen LogP contribution is -2.38. The number of amides is 1. The number of benzene rings is 1. The number of nitrogens with two attached hydrogens (primary N) is 1. The van der Waals surface area contributed by atoms with E-state index in [1.165, 1.54) is 0 Å². The third-order valence-electron chi connectivity index (χ3n) is 5.63. The number of carbonyl (C=O) groups excluding carboxylic acids is 1. The van der Waals surface area contributed by atoms with Crippen LogP contribution in [0.5, 0.6) is 0 Å². The van der Waals surface area contributed by atoms with Crippen molar-refractivity contribution in [2.24, 2.45) is 5.92 Å². The fraction of sp³-hybridized carbons (Fsp3) is 0.348. The van der Waals surface area contributed by atoms with E-state index in [1.54, 1.807) is 6.20 Å². The average Bonchev–Trinajstić information content (AvgIpc) is 3.31. The van der Waals surface area contributed by atoms with E-state index in [2.05, 4.69) is 34.0 Å². The summed E-state index contributed by atoms with van der Waals surface area (Å²) in [6, 6.07) is 9.51. The molecular weight excluding hydrogens is 392 g/mol. The molecule has 1 aliphatic rings. The molecule has 8 nitrogen and oxygen atoms in total. The molecule has 162 valence electrons. The Morgan fingerprint density at radius 1 is 1.19 bits per heavy atom. The van der Waals surface area contributed by atoms with E-state index in [0.717, 1.165) is 24.0 Å². The first-order valence-electron chi connectivity index (χ1n) is 10.6. The summed E-state index contributed by atoms with van der Waals surface area (Å²) < 4.78 is 5.80. The smallest absolute Gasteiger partial charge is 0.270 e. The second kappa shape index (κ2) is 9.07. The van der Waals surface area contributed by atoms with E-state index in [1.807, 2.05) is 41.3 Å². The number of anilines is 1. The van der Waals surface area contributed by atoms with Gasteiger partial charge in [-0.3, -0.25) is 4.79 Å². The molecule has 0 unspecified atom stereocenters. The van der Waals surface area contributed by atoms with Gasteiger partial charge in [0.2, 0.25) is 11.8 Å². The van der Waals surface area contributed by atoms with Gasteiger partial charge in [-0.2, -0.15) is 0 Å². The highest BCUT2D eigenvalue weighted by molar-refractivity contribution is 5.80. The molecule has 2 aromatic heterocycles. The lowest BCUT2D eigenvalue weighted by molar-refractivity contribution is -0.135. The molecule has 4 rings (SSSR count). The molecule has 2 N–H and O–H groups in total. The Kier molecular flexibility index (Phi) is 6.06. The molecule has 31 heavy (non-hydrogen) atoms. The van der Waals surface area contributed by atoms with Crippen molar-refractivity contribution < 1.29 is 10.6 Å². The summed E-state index contributed by atoms with van der Waals surface area (Å²) in [5.74, 6) is 1.18. The molecule has 0 saturated heterocycles. The first kappa shape index (κ1) is 20.7. The topological polar surface area (TPSA) is 111 Å². The van der Waals surface area contributed by atoms with Gasteiger partial charge in [0, 0.05) is 26.0 Å². The monoisotopic (exact) mass is 420 g/mol. The zero-order valence-corrected chi connectivity index (χ0v) is 17.8. The Morgan fingerprint density at radius 2 is 1.94 bits per heavy atom. The fourth-order valence-electron chi connectivity index (χ4n) is 3.72. The van der Waals surface area contributed by atoms with Crippen LogP contribution in [-0.4, -0.2) is 44.1 Å². The Bertz CT molecular complexity index is 1090. The van der Waals surface area contributed by atoms with Gasteiger partial charge < -0.3 is 15.1 Å². The predicted octanol–water partition coefficient (Wildman–Crippen LogP) is 4.07. The SMILES string of the molecule is CCC(CC)C(=O)N1CC=C(c2cnc(N)c(-c3nnc(-c4ccccc4)o3)n2)CC1.[HH]. The number of hydrogen-bond acceptors (Lipinski definition) is 7. The number of rotatable bonds is 6. The fourth-order valence-corrected chi connectivity index (χ4v) is 3.72. The number of hydrogen-bond donors (Lipinski definition) is 1. The van der Waals surface area contributed by atoms with Crippen molar-refractivity contribution in [3.8, 4) is 23.0 Å². The summed E-state index contributed by atoms with van der Waals surface area (Å²) in [4.78, 5) is 23.5. The maximum absolute atomic E-state index is 12.6. The Morgan fingerprint density at radius 3 is 2.61 bits per heavy atom. The maximum atomic E-state index is 12.6. The van der Waals surface area contributed by atoms with Gasteiger partial charge in [-0.1, -0.05) is 38.1 Å². The van der Waals surface area contributed by atoms with Crippen LogP contribution in [0, 0.1) is 5.92 Å². The van der Waals surface area contributed by atoms with E-state index in [0.29, 0.717) is 36.8 Å². The van der Waals surface area contributed by atoms with Gasteiger partial charge in [-0.15, -0.1) is 10.2 Å².